The van der Waals surface area contributed by atoms with E-state index < -0.39 is 0 Å². The van der Waals surface area contributed by atoms with Gasteiger partial charge in [0.15, 0.2) is 0 Å². The molecule has 98 valence electrons. The quantitative estimate of drug-likeness (QED) is 0.811. The Morgan fingerprint density at radius 1 is 1.42 bits per heavy atom. The van der Waals surface area contributed by atoms with E-state index in [1.807, 2.05) is 18.3 Å². The molecule has 0 atom stereocenters. The summed E-state index contributed by atoms with van der Waals surface area (Å²) in [4.78, 5) is 12.1. The van der Waals surface area contributed by atoms with Crippen LogP contribution in [0.2, 0.25) is 0 Å². The molecule has 0 radical (unpaired) electrons. The van der Waals surface area contributed by atoms with Crippen molar-refractivity contribution in [2.75, 3.05) is 5.32 Å². The second-order valence-electron chi connectivity index (χ2n) is 4.01. The van der Waals surface area contributed by atoms with Gasteiger partial charge in [-0.1, -0.05) is 24.4 Å². The lowest BCUT2D eigenvalue weighted by Gasteiger charge is -2.07. The van der Waals surface area contributed by atoms with Gasteiger partial charge in [0.05, 0.1) is 0 Å². The predicted molar refractivity (Wildman–Crippen MR) is 77.8 cm³/mol. The minimum atomic E-state index is -0.0735. The van der Waals surface area contributed by atoms with Gasteiger partial charge >= 0.3 is 0 Å². The Balaban J connectivity index is 1.91. The average Bonchev–Trinajstić information content (AvgIpc) is 2.90. The number of carbonyl (C=O) groups excluding carboxylic acids is 1. The van der Waals surface area contributed by atoms with Gasteiger partial charge in [-0.3, -0.25) is 9.48 Å². The molecule has 0 spiro atoms. The van der Waals surface area contributed by atoms with Crippen LogP contribution < -0.4 is 11.1 Å². The molecule has 0 unspecified atom stereocenters. The van der Waals surface area contributed by atoms with Gasteiger partial charge in [0.2, 0.25) is 5.91 Å². The maximum Gasteiger partial charge on any atom is 0.226 e. The van der Waals surface area contributed by atoms with Crippen LogP contribution in [0.1, 0.15) is 12.0 Å². The number of nitrogens with one attached hydrogen (secondary N) is 1. The van der Waals surface area contributed by atoms with E-state index in [4.69, 9.17) is 18.0 Å². The van der Waals surface area contributed by atoms with Crippen molar-refractivity contribution in [2.24, 2.45) is 5.73 Å². The van der Waals surface area contributed by atoms with Crippen molar-refractivity contribution in [2.45, 2.75) is 13.0 Å². The Morgan fingerprint density at radius 2 is 2.26 bits per heavy atom. The molecule has 0 aliphatic rings. The largest absolute Gasteiger partial charge is 0.389 e. The fourth-order valence-corrected chi connectivity index (χ4v) is 1.75. The molecule has 0 bridgehead atoms. The van der Waals surface area contributed by atoms with E-state index in [1.165, 1.54) is 0 Å². The number of aromatic nitrogens is 2. The highest BCUT2D eigenvalue weighted by Gasteiger charge is 2.04. The molecule has 2 rings (SSSR count). The van der Waals surface area contributed by atoms with E-state index in [0.29, 0.717) is 23.6 Å². The number of benzene rings is 1. The third kappa shape index (κ3) is 3.89. The molecule has 0 aliphatic carbocycles. The number of hydrogen-bond acceptors (Lipinski definition) is 3. The second kappa shape index (κ2) is 6.10. The average molecular weight is 274 g/mol. The Hall–Kier alpha value is -2.21. The van der Waals surface area contributed by atoms with Gasteiger partial charge in [0.1, 0.15) is 4.99 Å². The van der Waals surface area contributed by atoms with Crippen molar-refractivity contribution in [3.63, 3.8) is 0 Å². The third-order valence-electron chi connectivity index (χ3n) is 2.56. The summed E-state index contributed by atoms with van der Waals surface area (Å²) in [7, 11) is 0. The molecule has 0 saturated heterocycles. The van der Waals surface area contributed by atoms with Crippen LogP contribution in [0.4, 0.5) is 5.69 Å². The molecule has 3 N–H and O–H groups in total. The van der Waals surface area contributed by atoms with Gasteiger partial charge in [0, 0.05) is 36.6 Å². The number of rotatable bonds is 5. The van der Waals surface area contributed by atoms with E-state index in [2.05, 4.69) is 10.4 Å². The van der Waals surface area contributed by atoms with Crippen molar-refractivity contribution >= 4 is 28.8 Å². The first kappa shape index (κ1) is 13.2. The third-order valence-corrected chi connectivity index (χ3v) is 2.79. The summed E-state index contributed by atoms with van der Waals surface area (Å²) < 4.78 is 1.71. The van der Waals surface area contributed by atoms with Gasteiger partial charge in [0.25, 0.3) is 0 Å². The number of amides is 1. The maximum atomic E-state index is 11.8. The van der Waals surface area contributed by atoms with E-state index in [-0.39, 0.29) is 5.91 Å². The molecular weight excluding hydrogens is 260 g/mol. The minimum absolute atomic E-state index is 0.0735. The summed E-state index contributed by atoms with van der Waals surface area (Å²) in [5.41, 5.74) is 6.97. The highest BCUT2D eigenvalue weighted by atomic mass is 32.1. The number of carbonyl (C=O) groups is 1. The molecule has 0 saturated carbocycles. The van der Waals surface area contributed by atoms with Gasteiger partial charge < -0.3 is 11.1 Å². The predicted octanol–water partition coefficient (Wildman–Crippen LogP) is 1.55. The summed E-state index contributed by atoms with van der Waals surface area (Å²) in [6.45, 7) is 0.549. The van der Waals surface area contributed by atoms with Crippen molar-refractivity contribution in [1.29, 1.82) is 0 Å². The lowest BCUT2D eigenvalue weighted by Crippen LogP contribution is -2.15. The van der Waals surface area contributed by atoms with Crippen LogP contribution in [0.5, 0.6) is 0 Å². The Morgan fingerprint density at radius 3 is 2.95 bits per heavy atom. The van der Waals surface area contributed by atoms with Crippen molar-refractivity contribution in [3.8, 4) is 0 Å². The van der Waals surface area contributed by atoms with Crippen LogP contribution in [0, 0.1) is 0 Å². The molecule has 6 heteroatoms. The molecule has 1 aromatic carbocycles. The Kier molecular flexibility index (Phi) is 4.25. The topological polar surface area (TPSA) is 72.9 Å². The molecule has 0 fully saturated rings. The second-order valence-corrected chi connectivity index (χ2v) is 4.45. The number of aryl methyl sites for hydroxylation is 1. The zero-order valence-electron chi connectivity index (χ0n) is 10.2. The zero-order valence-corrected chi connectivity index (χ0v) is 11.1. The van der Waals surface area contributed by atoms with Crippen LogP contribution >= 0.6 is 12.2 Å². The SMILES string of the molecule is NC(=S)c1cccc(NC(=O)CCn2cccn2)c1. The lowest BCUT2D eigenvalue weighted by atomic mass is 10.2. The molecule has 19 heavy (non-hydrogen) atoms. The van der Waals surface area contributed by atoms with Crippen LogP contribution in [-0.2, 0) is 11.3 Å². The van der Waals surface area contributed by atoms with Crippen molar-refractivity contribution in [1.82, 2.24) is 9.78 Å². The molecule has 2 aromatic rings. The fourth-order valence-electron chi connectivity index (χ4n) is 1.62. The Labute approximate surface area is 116 Å². The first-order valence-corrected chi connectivity index (χ1v) is 6.23. The van der Waals surface area contributed by atoms with E-state index in [1.54, 1.807) is 29.1 Å². The number of anilines is 1. The normalized spacial score (nSPS) is 10.1. The molecule has 5 nitrogen and oxygen atoms in total. The summed E-state index contributed by atoms with van der Waals surface area (Å²) in [6.07, 6.45) is 3.86. The highest BCUT2D eigenvalue weighted by molar-refractivity contribution is 7.80. The zero-order chi connectivity index (χ0) is 13.7. The van der Waals surface area contributed by atoms with Gasteiger partial charge in [-0.05, 0) is 18.2 Å². The number of nitrogens with zero attached hydrogens (tertiary/aromatic N) is 2. The molecule has 1 aromatic heterocycles. The number of hydrogen-bond donors (Lipinski definition) is 2. The van der Waals surface area contributed by atoms with Crippen LogP contribution in [0.3, 0.4) is 0 Å². The smallest absolute Gasteiger partial charge is 0.226 e. The molecule has 1 amide bonds. The summed E-state index contributed by atoms with van der Waals surface area (Å²) in [6, 6.07) is 8.99. The highest BCUT2D eigenvalue weighted by Crippen LogP contribution is 2.11. The Bertz CT molecular complexity index is 580. The summed E-state index contributed by atoms with van der Waals surface area (Å²) in [5.74, 6) is -0.0735. The fraction of sp³-hybridized carbons (Fsp3) is 0.154. The first-order valence-electron chi connectivity index (χ1n) is 5.82. The van der Waals surface area contributed by atoms with Crippen LogP contribution in [0.25, 0.3) is 0 Å². The van der Waals surface area contributed by atoms with Crippen LogP contribution in [-0.4, -0.2) is 20.7 Å². The minimum Gasteiger partial charge on any atom is -0.389 e. The van der Waals surface area contributed by atoms with Gasteiger partial charge in [-0.25, -0.2) is 0 Å². The van der Waals surface area contributed by atoms with Crippen LogP contribution in [0.15, 0.2) is 42.7 Å². The number of thiocarbonyl (C=S) groups is 1. The summed E-state index contributed by atoms with van der Waals surface area (Å²) >= 11 is 4.89. The van der Waals surface area contributed by atoms with Gasteiger partial charge in [-0.15, -0.1) is 0 Å². The van der Waals surface area contributed by atoms with Crippen molar-refractivity contribution in [3.05, 3.63) is 48.3 Å². The van der Waals surface area contributed by atoms with Crippen molar-refractivity contribution < 1.29 is 4.79 Å². The van der Waals surface area contributed by atoms with E-state index in [0.717, 1.165) is 5.56 Å². The molecule has 0 aliphatic heterocycles. The molecule has 1 heterocycles. The van der Waals surface area contributed by atoms with Gasteiger partial charge in [-0.2, -0.15) is 5.10 Å². The summed E-state index contributed by atoms with van der Waals surface area (Å²) in [5, 5.41) is 6.84. The van der Waals surface area contributed by atoms with E-state index >= 15 is 0 Å². The molecular formula is C13H14N4OS. The number of nitrogens with two attached hydrogens (primary N) is 1. The lowest BCUT2D eigenvalue weighted by molar-refractivity contribution is -0.116. The first-order chi connectivity index (χ1) is 9.15. The maximum absolute atomic E-state index is 11.8. The van der Waals surface area contributed by atoms with E-state index in [9.17, 15) is 4.79 Å². The standard InChI is InChI=1S/C13H14N4OS/c14-13(19)10-3-1-4-11(9-10)16-12(18)5-8-17-7-2-6-15-17/h1-4,6-7,9H,5,8H2,(H2,14,19)(H,16,18). The monoisotopic (exact) mass is 274 g/mol.